The van der Waals surface area contributed by atoms with Crippen LogP contribution in [-0.4, -0.2) is 42.8 Å². The molecule has 0 unspecified atom stereocenters. The molecule has 1 aromatic heterocycles. The van der Waals surface area contributed by atoms with Gasteiger partial charge in [-0.15, -0.1) is 11.3 Å². The number of β-amino-alcohol motifs (C(OH)–C–C–N with tert-alkyl or cyclic N) is 1. The highest BCUT2D eigenvalue weighted by Gasteiger charge is 2.53. The van der Waals surface area contributed by atoms with Crippen molar-refractivity contribution < 1.29 is 19.2 Å². The van der Waals surface area contributed by atoms with E-state index in [1.54, 1.807) is 25.6 Å². The highest BCUT2D eigenvalue weighted by molar-refractivity contribution is 7.10. The summed E-state index contributed by atoms with van der Waals surface area (Å²) in [6, 6.07) is 9.86. The summed E-state index contributed by atoms with van der Waals surface area (Å²) < 4.78 is 13.3. The first-order chi connectivity index (χ1) is 12.7. The minimum Gasteiger partial charge on any atom is -0.497 e. The van der Waals surface area contributed by atoms with Crippen LogP contribution >= 0.6 is 11.3 Å². The van der Waals surface area contributed by atoms with Crippen LogP contribution < -0.4 is 14.4 Å². The maximum atomic E-state index is 11.7. The average Bonchev–Trinajstić information content (AvgIpc) is 3.22. The van der Waals surface area contributed by atoms with E-state index in [1.165, 1.54) is 12.3 Å². The number of aliphatic hydroxyl groups is 1. The first-order valence-corrected chi connectivity index (χ1v) is 9.95. The van der Waals surface area contributed by atoms with E-state index in [1.807, 2.05) is 35.7 Å². The molecule has 0 saturated carbocycles. The Bertz CT molecular complexity index is 818. The summed E-state index contributed by atoms with van der Waals surface area (Å²) >= 11 is 1.61. The van der Waals surface area contributed by atoms with Gasteiger partial charge in [0, 0.05) is 12.5 Å². The van der Waals surface area contributed by atoms with Crippen molar-refractivity contribution >= 4 is 22.9 Å². The first-order valence-electron chi connectivity index (χ1n) is 9.07. The third-order valence-electron chi connectivity index (χ3n) is 5.32. The van der Waals surface area contributed by atoms with Crippen molar-refractivity contribution in [1.29, 1.82) is 0 Å². The Morgan fingerprint density at radius 1 is 1.15 bits per heavy atom. The van der Waals surface area contributed by atoms with Gasteiger partial charge in [-0.1, -0.05) is 6.07 Å². The van der Waals surface area contributed by atoms with Gasteiger partial charge in [0.2, 0.25) is 0 Å². The molecule has 1 N–H and O–H groups in total. The van der Waals surface area contributed by atoms with Crippen LogP contribution in [0.1, 0.15) is 30.6 Å². The zero-order valence-electron chi connectivity index (χ0n) is 15.3. The van der Waals surface area contributed by atoms with E-state index in [4.69, 9.17) is 9.47 Å². The van der Waals surface area contributed by atoms with Gasteiger partial charge in [-0.25, -0.2) is 9.48 Å². The van der Waals surface area contributed by atoms with Crippen LogP contribution in [0.25, 0.3) is 0 Å². The molecule has 0 radical (unpaired) electrons. The second-order valence-corrected chi connectivity index (χ2v) is 7.74. The number of ether oxygens (including phenoxy) is 2. The molecule has 0 spiro atoms. The van der Waals surface area contributed by atoms with Crippen LogP contribution in [0.3, 0.4) is 0 Å². The Kier molecular flexibility index (Phi) is 4.63. The summed E-state index contributed by atoms with van der Waals surface area (Å²) in [6.45, 7) is 1.36. The van der Waals surface area contributed by atoms with Crippen molar-refractivity contribution in [1.82, 2.24) is 0 Å². The molecule has 0 saturated heterocycles. The molecule has 0 fully saturated rings. The quantitative estimate of drug-likeness (QED) is 0.834. The number of hydrogen-bond donors (Lipinski definition) is 1. The van der Waals surface area contributed by atoms with E-state index in [-0.39, 0.29) is 0 Å². The number of thiophene rings is 1. The van der Waals surface area contributed by atoms with Crippen molar-refractivity contribution in [3.8, 4) is 11.5 Å². The van der Waals surface area contributed by atoms with Gasteiger partial charge in [0.15, 0.2) is 18.0 Å². The number of anilines is 1. The fourth-order valence-corrected chi connectivity index (χ4v) is 4.84. The molecule has 26 heavy (non-hydrogen) atoms. The lowest BCUT2D eigenvalue weighted by Crippen LogP contribution is -2.40. The van der Waals surface area contributed by atoms with Crippen molar-refractivity contribution in [2.24, 2.45) is 0 Å². The average molecular weight is 373 g/mol. The summed E-state index contributed by atoms with van der Waals surface area (Å²) in [4.78, 5) is 3.20. The van der Waals surface area contributed by atoms with Gasteiger partial charge in [-0.2, -0.15) is 0 Å². The SMILES string of the molecule is COc1ccc(OC)c(N2C[C@@](O)(c3cccs3)[N+]3=C2CCCCC3)c1. The van der Waals surface area contributed by atoms with Crippen molar-refractivity contribution in [2.75, 3.05) is 32.2 Å². The Morgan fingerprint density at radius 3 is 2.77 bits per heavy atom. The predicted molar refractivity (Wildman–Crippen MR) is 104 cm³/mol. The van der Waals surface area contributed by atoms with Crippen molar-refractivity contribution in [3.05, 3.63) is 40.6 Å². The highest BCUT2D eigenvalue weighted by atomic mass is 32.1. The Morgan fingerprint density at radius 2 is 2.04 bits per heavy atom. The standard InChI is InChI=1S/C20H25N2O3S/c1-24-15-9-10-17(25-2)16(13-15)21-14-20(23,18-7-6-12-26-18)22-11-5-3-4-8-19(21)22/h6-7,9-10,12-13,23H,3-5,8,11,14H2,1-2H3/q+1/t20-/m1/s1. The van der Waals surface area contributed by atoms with Gasteiger partial charge in [-0.05, 0) is 42.8 Å². The Hall–Kier alpha value is -2.05. The summed E-state index contributed by atoms with van der Waals surface area (Å²) in [5, 5.41) is 13.7. The normalized spacial score (nSPS) is 23.0. The lowest BCUT2D eigenvalue weighted by Gasteiger charge is -2.22. The van der Waals surface area contributed by atoms with E-state index in [0.29, 0.717) is 6.54 Å². The number of amidine groups is 1. The fraction of sp³-hybridized carbons (Fsp3) is 0.450. The largest absolute Gasteiger partial charge is 0.497 e. The highest BCUT2D eigenvalue weighted by Crippen LogP contribution is 2.41. The topological polar surface area (TPSA) is 44.9 Å². The van der Waals surface area contributed by atoms with Crippen LogP contribution in [0, 0.1) is 0 Å². The van der Waals surface area contributed by atoms with E-state index in [2.05, 4.69) is 9.48 Å². The molecule has 0 aliphatic carbocycles. The lowest BCUT2D eigenvalue weighted by molar-refractivity contribution is -0.657. The Labute approximate surface area is 158 Å². The number of methoxy groups -OCH3 is 2. The maximum Gasteiger partial charge on any atom is 0.280 e. The zero-order chi connectivity index (χ0) is 18.1. The van der Waals surface area contributed by atoms with Crippen LogP contribution in [0.5, 0.6) is 11.5 Å². The first kappa shape index (κ1) is 17.4. The molecular formula is C20H25N2O3S+. The second-order valence-electron chi connectivity index (χ2n) is 6.80. The maximum absolute atomic E-state index is 11.7. The summed E-state index contributed by atoms with van der Waals surface area (Å²) in [5.74, 6) is 2.75. The number of hydrogen-bond acceptors (Lipinski definition) is 5. The van der Waals surface area contributed by atoms with Crippen LogP contribution in [0.2, 0.25) is 0 Å². The molecule has 138 valence electrons. The molecule has 1 aromatic carbocycles. The van der Waals surface area contributed by atoms with Gasteiger partial charge in [0.25, 0.3) is 11.6 Å². The Balaban J connectivity index is 1.84. The molecule has 2 aromatic rings. The molecule has 5 nitrogen and oxygen atoms in total. The molecule has 4 rings (SSSR count). The molecule has 0 amide bonds. The van der Waals surface area contributed by atoms with E-state index in [0.717, 1.165) is 47.9 Å². The monoisotopic (exact) mass is 373 g/mol. The van der Waals surface area contributed by atoms with E-state index in [9.17, 15) is 5.11 Å². The van der Waals surface area contributed by atoms with Crippen molar-refractivity contribution in [2.45, 2.75) is 31.4 Å². The third-order valence-corrected chi connectivity index (χ3v) is 6.33. The van der Waals surface area contributed by atoms with Gasteiger partial charge < -0.3 is 14.6 Å². The molecule has 1 atom stereocenters. The van der Waals surface area contributed by atoms with Gasteiger partial charge in [0.05, 0.1) is 25.6 Å². The van der Waals surface area contributed by atoms with Crippen LogP contribution in [0.4, 0.5) is 5.69 Å². The van der Waals surface area contributed by atoms with Crippen LogP contribution in [0.15, 0.2) is 35.7 Å². The van der Waals surface area contributed by atoms with Crippen LogP contribution in [-0.2, 0) is 5.72 Å². The summed E-state index contributed by atoms with van der Waals surface area (Å²) in [5.41, 5.74) is -0.0525. The smallest absolute Gasteiger partial charge is 0.280 e. The lowest BCUT2D eigenvalue weighted by atomic mass is 10.1. The third kappa shape index (κ3) is 2.77. The molecule has 6 heteroatoms. The predicted octanol–water partition coefficient (Wildman–Crippen LogP) is 3.42. The van der Waals surface area contributed by atoms with Gasteiger partial charge in [-0.3, -0.25) is 0 Å². The molecular weight excluding hydrogens is 348 g/mol. The minimum atomic E-state index is -0.998. The van der Waals surface area contributed by atoms with Crippen molar-refractivity contribution in [3.63, 3.8) is 0 Å². The second kappa shape index (κ2) is 6.93. The minimum absolute atomic E-state index is 0.492. The molecule has 0 bridgehead atoms. The molecule has 2 aliphatic rings. The number of nitrogens with zero attached hydrogens (tertiary/aromatic N) is 2. The molecule has 2 aliphatic heterocycles. The summed E-state index contributed by atoms with van der Waals surface area (Å²) in [7, 11) is 3.35. The zero-order valence-corrected chi connectivity index (χ0v) is 16.1. The summed E-state index contributed by atoms with van der Waals surface area (Å²) in [6.07, 6.45) is 4.37. The van der Waals surface area contributed by atoms with Gasteiger partial charge >= 0.3 is 0 Å². The van der Waals surface area contributed by atoms with Gasteiger partial charge in [0.1, 0.15) is 5.75 Å². The number of rotatable bonds is 4. The molecule has 3 heterocycles. The van der Waals surface area contributed by atoms with E-state index < -0.39 is 5.72 Å². The van der Waals surface area contributed by atoms with E-state index >= 15 is 0 Å². The number of benzene rings is 1. The fourth-order valence-electron chi connectivity index (χ4n) is 4.02.